The molecule has 1 aromatic carbocycles. The van der Waals surface area contributed by atoms with Gasteiger partial charge in [-0.25, -0.2) is 22.0 Å². The van der Waals surface area contributed by atoms with E-state index in [0.29, 0.717) is 0 Å². The molecule has 0 saturated carbocycles. The molecule has 2 N–H and O–H groups in total. The molecule has 2 amide bonds. The van der Waals surface area contributed by atoms with Crippen molar-refractivity contribution in [3.63, 3.8) is 0 Å². The van der Waals surface area contributed by atoms with E-state index in [9.17, 15) is 26.8 Å². The molecule has 1 aliphatic heterocycles. The van der Waals surface area contributed by atoms with Crippen LogP contribution in [0.4, 0.5) is 13.6 Å². The molecule has 0 radical (unpaired) electrons. The zero-order valence-corrected chi connectivity index (χ0v) is 21.2. The Morgan fingerprint density at radius 2 is 1.89 bits per heavy atom. The van der Waals surface area contributed by atoms with Crippen LogP contribution in [0, 0.1) is 11.6 Å². The van der Waals surface area contributed by atoms with Crippen molar-refractivity contribution in [3.05, 3.63) is 53.0 Å². The monoisotopic (exact) mass is 514 g/mol. The average Bonchev–Trinajstić information content (AvgIpc) is 2.76. The number of alkyl carbamates (subject to hydrolysis) is 1. The normalized spacial score (nSPS) is 17.9. The van der Waals surface area contributed by atoms with E-state index in [2.05, 4.69) is 17.2 Å². The first kappa shape index (κ1) is 28.3. The van der Waals surface area contributed by atoms with Crippen LogP contribution in [0.5, 0.6) is 5.75 Å². The van der Waals surface area contributed by atoms with Crippen LogP contribution in [0.3, 0.4) is 0 Å². The third-order valence-electron chi connectivity index (χ3n) is 5.35. The predicted molar refractivity (Wildman–Crippen MR) is 128 cm³/mol. The van der Waals surface area contributed by atoms with Gasteiger partial charge in [0.1, 0.15) is 16.2 Å². The van der Waals surface area contributed by atoms with Gasteiger partial charge in [0.25, 0.3) is 0 Å². The summed E-state index contributed by atoms with van der Waals surface area (Å²) in [5.41, 5.74) is -1.08. The van der Waals surface area contributed by atoms with Crippen molar-refractivity contribution in [2.24, 2.45) is 0 Å². The van der Waals surface area contributed by atoms with Crippen LogP contribution >= 0.6 is 0 Å². The Kier molecular flexibility index (Phi) is 9.05. The molecule has 0 spiro atoms. The second-order valence-corrected chi connectivity index (χ2v) is 11.4. The van der Waals surface area contributed by atoms with Crippen LogP contribution < -0.4 is 15.4 Å². The predicted octanol–water partition coefficient (Wildman–Crippen LogP) is 3.87. The van der Waals surface area contributed by atoms with Gasteiger partial charge >= 0.3 is 6.09 Å². The highest BCUT2D eigenvalue weighted by Gasteiger charge is 2.51. The van der Waals surface area contributed by atoms with Crippen LogP contribution in [-0.4, -0.2) is 45.7 Å². The largest absolute Gasteiger partial charge is 0.490 e. The van der Waals surface area contributed by atoms with Crippen LogP contribution in [0.1, 0.15) is 52.5 Å². The van der Waals surface area contributed by atoms with E-state index >= 15 is 0 Å². The molecule has 0 unspecified atom stereocenters. The summed E-state index contributed by atoms with van der Waals surface area (Å²) in [5.74, 6) is -2.71. The van der Waals surface area contributed by atoms with E-state index in [1.807, 2.05) is 0 Å². The Bertz CT molecular complexity index is 1110. The number of amides is 2. The molecular weight excluding hydrogens is 482 g/mol. The van der Waals surface area contributed by atoms with Crippen molar-refractivity contribution in [2.45, 2.75) is 57.3 Å². The number of benzene rings is 1. The SMILES string of the molecule is C=C(/C=C\C)S(=O)(=O)[C@]1(CCCNC(=O)CNC(=O)OC(C)(C)C)CCOc2c(F)ccc(F)c21. The molecule has 1 heterocycles. The number of rotatable bonds is 9. The summed E-state index contributed by atoms with van der Waals surface area (Å²) in [6, 6.07) is 1.76. The number of hydrogen-bond donors (Lipinski definition) is 2. The fourth-order valence-corrected chi connectivity index (χ4v) is 5.89. The maximum atomic E-state index is 15.0. The number of fused-ring (bicyclic) bond motifs is 1. The maximum Gasteiger partial charge on any atom is 0.408 e. The Labute approximate surface area is 204 Å². The summed E-state index contributed by atoms with van der Waals surface area (Å²) in [7, 11) is -4.23. The van der Waals surface area contributed by atoms with Gasteiger partial charge in [0.05, 0.1) is 23.6 Å². The molecule has 0 aliphatic carbocycles. The Morgan fingerprint density at radius 1 is 1.23 bits per heavy atom. The number of carbonyl (C=O) groups excluding carboxylic acids is 2. The summed E-state index contributed by atoms with van der Waals surface area (Å²) >= 11 is 0. The molecular formula is C24H32F2N2O6S. The van der Waals surface area contributed by atoms with Crippen molar-refractivity contribution >= 4 is 21.8 Å². The maximum absolute atomic E-state index is 15.0. The van der Waals surface area contributed by atoms with Crippen molar-refractivity contribution < 1.29 is 36.3 Å². The molecule has 1 aliphatic rings. The van der Waals surface area contributed by atoms with Crippen LogP contribution in [-0.2, 0) is 24.1 Å². The average molecular weight is 515 g/mol. The molecule has 35 heavy (non-hydrogen) atoms. The lowest BCUT2D eigenvalue weighted by Gasteiger charge is -2.38. The number of sulfone groups is 1. The van der Waals surface area contributed by atoms with Gasteiger partial charge in [-0.2, -0.15) is 0 Å². The van der Waals surface area contributed by atoms with Crippen molar-refractivity contribution in [3.8, 4) is 5.75 Å². The van der Waals surface area contributed by atoms with Gasteiger partial charge in [-0.1, -0.05) is 12.7 Å². The van der Waals surface area contributed by atoms with Crippen LogP contribution in [0.15, 0.2) is 35.8 Å². The lowest BCUT2D eigenvalue weighted by molar-refractivity contribution is -0.120. The molecule has 2 rings (SSSR count). The van der Waals surface area contributed by atoms with Gasteiger partial charge in [0.2, 0.25) is 5.91 Å². The second-order valence-electron chi connectivity index (χ2n) is 9.10. The number of nitrogens with one attached hydrogen (secondary N) is 2. The molecule has 0 saturated heterocycles. The summed E-state index contributed by atoms with van der Waals surface area (Å²) in [5, 5.41) is 4.89. The minimum Gasteiger partial charge on any atom is -0.490 e. The molecule has 0 aromatic heterocycles. The van der Waals surface area contributed by atoms with Gasteiger partial charge in [-0.05, 0) is 58.7 Å². The number of allylic oxidation sites excluding steroid dienone is 2. The number of hydrogen-bond acceptors (Lipinski definition) is 6. The lowest BCUT2D eigenvalue weighted by atomic mass is 9.87. The Morgan fingerprint density at radius 3 is 2.51 bits per heavy atom. The molecule has 8 nitrogen and oxygen atoms in total. The lowest BCUT2D eigenvalue weighted by Crippen LogP contribution is -2.43. The van der Waals surface area contributed by atoms with Crippen molar-refractivity contribution in [2.75, 3.05) is 19.7 Å². The highest BCUT2D eigenvalue weighted by molar-refractivity contribution is 7.96. The molecule has 1 atom stereocenters. The van der Waals surface area contributed by atoms with E-state index < -0.39 is 49.6 Å². The van der Waals surface area contributed by atoms with Crippen molar-refractivity contribution in [1.29, 1.82) is 0 Å². The van der Waals surface area contributed by atoms with Gasteiger partial charge in [-0.3, -0.25) is 4.79 Å². The minimum atomic E-state index is -4.23. The Hall–Kier alpha value is -2.95. The quantitative estimate of drug-likeness (QED) is 0.382. The highest BCUT2D eigenvalue weighted by atomic mass is 32.2. The molecule has 0 bridgehead atoms. The van der Waals surface area contributed by atoms with E-state index in [4.69, 9.17) is 9.47 Å². The van der Waals surface area contributed by atoms with E-state index in [0.717, 1.165) is 12.1 Å². The topological polar surface area (TPSA) is 111 Å². The standard InChI is InChI=1S/C24H32F2N2O6S/c1-6-8-16(2)35(31,32)24(12-14-33-21-18(26)10-9-17(25)20(21)24)11-7-13-27-19(29)15-28-22(30)34-23(3,4)5/h6,8-10H,2,7,11-15H2,1,3-5H3,(H,27,29)(H,28,30)/b8-6-/t24-/m1/s1. The highest BCUT2D eigenvalue weighted by Crippen LogP contribution is 2.50. The summed E-state index contributed by atoms with van der Waals surface area (Å²) in [4.78, 5) is 23.5. The summed E-state index contributed by atoms with van der Waals surface area (Å²) in [6.45, 7) is 9.86. The molecule has 194 valence electrons. The zero-order chi connectivity index (χ0) is 26.4. The fraction of sp³-hybridized carbons (Fsp3) is 0.500. The first-order valence-electron chi connectivity index (χ1n) is 11.2. The summed E-state index contributed by atoms with van der Waals surface area (Å²) in [6.07, 6.45) is 1.92. The smallest absolute Gasteiger partial charge is 0.408 e. The van der Waals surface area contributed by atoms with E-state index in [1.165, 1.54) is 12.2 Å². The van der Waals surface area contributed by atoms with Gasteiger partial charge < -0.3 is 20.1 Å². The third-order valence-corrected chi connectivity index (χ3v) is 7.82. The van der Waals surface area contributed by atoms with Gasteiger partial charge in [0.15, 0.2) is 21.4 Å². The number of halogens is 2. The second kappa shape index (κ2) is 11.2. The van der Waals surface area contributed by atoms with Crippen LogP contribution in [0.2, 0.25) is 0 Å². The summed E-state index contributed by atoms with van der Waals surface area (Å²) < 4.78 is 65.2. The van der Waals surface area contributed by atoms with Gasteiger partial charge in [0, 0.05) is 13.0 Å². The molecule has 11 heteroatoms. The fourth-order valence-electron chi connectivity index (χ4n) is 3.85. The van der Waals surface area contributed by atoms with E-state index in [-0.39, 0.29) is 49.4 Å². The molecule has 1 aromatic rings. The van der Waals surface area contributed by atoms with E-state index in [1.54, 1.807) is 27.7 Å². The third kappa shape index (κ3) is 6.59. The first-order chi connectivity index (χ1) is 16.2. The minimum absolute atomic E-state index is 0.0370. The number of ether oxygens (including phenoxy) is 2. The van der Waals surface area contributed by atoms with Gasteiger partial charge in [-0.15, -0.1) is 0 Å². The van der Waals surface area contributed by atoms with Crippen LogP contribution in [0.25, 0.3) is 0 Å². The zero-order valence-electron chi connectivity index (χ0n) is 20.4. The van der Waals surface area contributed by atoms with Crippen molar-refractivity contribution in [1.82, 2.24) is 10.6 Å². The number of carbonyl (C=O) groups is 2. The Balaban J connectivity index is 2.20. The molecule has 0 fully saturated rings. The first-order valence-corrected chi connectivity index (χ1v) is 12.6.